The molecule has 0 unspecified atom stereocenters. The second-order valence-corrected chi connectivity index (χ2v) is 8.10. The third-order valence-corrected chi connectivity index (χ3v) is 6.03. The fourth-order valence-electron chi connectivity index (χ4n) is 4.35. The molecule has 3 aromatic carbocycles. The molecule has 1 fully saturated rings. The Morgan fingerprint density at radius 1 is 0.724 bits per heavy atom. The van der Waals surface area contributed by atoms with Crippen molar-refractivity contribution in [2.75, 3.05) is 24.5 Å². The van der Waals surface area contributed by atoms with E-state index < -0.39 is 0 Å². The molecule has 0 bridgehead atoms. The van der Waals surface area contributed by atoms with Gasteiger partial charge in [0, 0.05) is 25.3 Å². The van der Waals surface area contributed by atoms with Crippen LogP contribution < -0.4 is 16.0 Å². The number of rotatable bonds is 8. The third-order valence-electron chi connectivity index (χ3n) is 6.03. The van der Waals surface area contributed by atoms with Crippen LogP contribution in [0, 0.1) is 11.8 Å². The van der Waals surface area contributed by atoms with E-state index in [1.54, 1.807) is 0 Å². The van der Waals surface area contributed by atoms with E-state index in [0.717, 1.165) is 32.6 Å². The van der Waals surface area contributed by atoms with Gasteiger partial charge in [-0.2, -0.15) is 0 Å². The fraction of sp³-hybridized carbons (Fsp3) is 0.308. The van der Waals surface area contributed by atoms with E-state index in [9.17, 15) is 0 Å². The molecule has 0 aromatic heterocycles. The summed E-state index contributed by atoms with van der Waals surface area (Å²) < 4.78 is 0. The zero-order chi connectivity index (χ0) is 19.9. The van der Waals surface area contributed by atoms with Crippen LogP contribution in [0.1, 0.15) is 16.7 Å². The van der Waals surface area contributed by atoms with E-state index >= 15 is 0 Å². The number of hydrogen-bond donors (Lipinski definition) is 2. The molecule has 0 saturated carbocycles. The van der Waals surface area contributed by atoms with Crippen molar-refractivity contribution in [3.63, 3.8) is 0 Å². The number of nitrogens with one attached hydrogen (secondary N) is 1. The van der Waals surface area contributed by atoms with Crippen LogP contribution in [0.5, 0.6) is 0 Å². The zero-order valence-electron chi connectivity index (χ0n) is 17.0. The Morgan fingerprint density at radius 2 is 1.34 bits per heavy atom. The minimum Gasteiger partial charge on any atom is -0.367 e. The number of anilines is 1. The van der Waals surface area contributed by atoms with Crippen LogP contribution in [0.3, 0.4) is 0 Å². The molecule has 3 heteroatoms. The molecule has 1 aliphatic rings. The van der Waals surface area contributed by atoms with Gasteiger partial charge in [0.15, 0.2) is 0 Å². The summed E-state index contributed by atoms with van der Waals surface area (Å²) in [6.07, 6.45) is 1.14. The number of benzene rings is 3. The molecule has 0 amide bonds. The summed E-state index contributed by atoms with van der Waals surface area (Å²) in [5, 5.41) is 3.64. The average Bonchev–Trinajstić information content (AvgIpc) is 3.21. The average molecular weight is 386 g/mol. The molecule has 3 N–H and O–H groups in total. The molecule has 2 atom stereocenters. The SMILES string of the molecule is NCc1ccc(N(Cc2ccccc2)C[C@H]2CNC[C@@H]2Cc2ccccc2)cc1. The summed E-state index contributed by atoms with van der Waals surface area (Å²) in [7, 11) is 0. The molecule has 1 saturated heterocycles. The molecule has 150 valence electrons. The summed E-state index contributed by atoms with van der Waals surface area (Å²) in [6.45, 7) is 4.76. The lowest BCUT2D eigenvalue weighted by Crippen LogP contribution is -2.33. The van der Waals surface area contributed by atoms with E-state index in [1.165, 1.54) is 22.4 Å². The van der Waals surface area contributed by atoms with Crippen LogP contribution in [0.2, 0.25) is 0 Å². The molecule has 29 heavy (non-hydrogen) atoms. The number of nitrogens with two attached hydrogens (primary N) is 1. The summed E-state index contributed by atoms with van der Waals surface area (Å²) in [5.41, 5.74) is 11.0. The van der Waals surface area contributed by atoms with Gasteiger partial charge in [-0.25, -0.2) is 0 Å². The van der Waals surface area contributed by atoms with Gasteiger partial charge in [0.25, 0.3) is 0 Å². The van der Waals surface area contributed by atoms with Crippen molar-refractivity contribution in [1.29, 1.82) is 0 Å². The van der Waals surface area contributed by atoms with Crippen LogP contribution in [0.15, 0.2) is 84.9 Å². The Kier molecular flexibility index (Phi) is 6.60. The lowest BCUT2D eigenvalue weighted by Gasteiger charge is -2.30. The molecular formula is C26H31N3. The fourth-order valence-corrected chi connectivity index (χ4v) is 4.35. The minimum atomic E-state index is 0.588. The highest BCUT2D eigenvalue weighted by atomic mass is 15.1. The van der Waals surface area contributed by atoms with E-state index in [4.69, 9.17) is 5.73 Å². The smallest absolute Gasteiger partial charge is 0.0429 e. The van der Waals surface area contributed by atoms with Crippen molar-refractivity contribution in [2.24, 2.45) is 17.6 Å². The van der Waals surface area contributed by atoms with E-state index in [2.05, 4.69) is 95.1 Å². The first kappa shape index (κ1) is 19.7. The largest absolute Gasteiger partial charge is 0.367 e. The van der Waals surface area contributed by atoms with Gasteiger partial charge in [0.1, 0.15) is 0 Å². The molecular weight excluding hydrogens is 354 g/mol. The van der Waals surface area contributed by atoms with Gasteiger partial charge in [0.05, 0.1) is 0 Å². The quantitative estimate of drug-likeness (QED) is 0.610. The van der Waals surface area contributed by atoms with Gasteiger partial charge in [0.2, 0.25) is 0 Å². The molecule has 0 radical (unpaired) electrons. The second kappa shape index (κ2) is 9.73. The topological polar surface area (TPSA) is 41.3 Å². The van der Waals surface area contributed by atoms with Gasteiger partial charge in [-0.3, -0.25) is 0 Å². The maximum absolute atomic E-state index is 5.80. The lowest BCUT2D eigenvalue weighted by atomic mass is 9.89. The first-order chi connectivity index (χ1) is 14.3. The standard InChI is InChI=1S/C26H31N3/c27-16-22-11-13-26(14-12-22)29(19-23-9-5-2-6-10-23)20-25-18-28-17-24(25)15-21-7-3-1-4-8-21/h1-14,24-25,28H,15-20,27H2/t24-,25+/m0/s1. The molecule has 0 spiro atoms. The van der Waals surface area contributed by atoms with Crippen molar-refractivity contribution < 1.29 is 0 Å². The van der Waals surface area contributed by atoms with Crippen molar-refractivity contribution >= 4 is 5.69 Å². The van der Waals surface area contributed by atoms with Gasteiger partial charge in [-0.1, -0.05) is 72.8 Å². The van der Waals surface area contributed by atoms with Crippen molar-refractivity contribution in [3.05, 3.63) is 102 Å². The molecule has 3 nitrogen and oxygen atoms in total. The van der Waals surface area contributed by atoms with E-state index in [1.807, 2.05) is 0 Å². The zero-order valence-corrected chi connectivity index (χ0v) is 17.0. The molecule has 4 rings (SSSR count). The summed E-state index contributed by atoms with van der Waals surface area (Å²) in [4.78, 5) is 2.53. The van der Waals surface area contributed by atoms with Gasteiger partial charge < -0.3 is 16.0 Å². The molecule has 1 heterocycles. The lowest BCUT2D eigenvalue weighted by molar-refractivity contribution is 0.413. The summed E-state index contributed by atoms with van der Waals surface area (Å²) in [5.74, 6) is 1.30. The van der Waals surface area contributed by atoms with Crippen LogP contribution in [0.4, 0.5) is 5.69 Å². The first-order valence-electron chi connectivity index (χ1n) is 10.6. The van der Waals surface area contributed by atoms with Crippen LogP contribution in [0.25, 0.3) is 0 Å². The van der Waals surface area contributed by atoms with Crippen molar-refractivity contribution in [2.45, 2.75) is 19.5 Å². The Balaban J connectivity index is 1.51. The second-order valence-electron chi connectivity index (χ2n) is 8.10. The Hall–Kier alpha value is -2.62. The first-order valence-corrected chi connectivity index (χ1v) is 10.6. The van der Waals surface area contributed by atoms with Crippen LogP contribution in [-0.2, 0) is 19.5 Å². The number of nitrogens with zero attached hydrogens (tertiary/aromatic N) is 1. The van der Waals surface area contributed by atoms with Crippen molar-refractivity contribution in [3.8, 4) is 0 Å². The summed E-state index contributed by atoms with van der Waals surface area (Å²) >= 11 is 0. The normalized spacial score (nSPS) is 18.7. The highest BCUT2D eigenvalue weighted by Gasteiger charge is 2.29. The van der Waals surface area contributed by atoms with Crippen LogP contribution in [-0.4, -0.2) is 19.6 Å². The molecule has 3 aromatic rings. The summed E-state index contributed by atoms with van der Waals surface area (Å²) in [6, 6.07) is 30.4. The maximum atomic E-state index is 5.80. The maximum Gasteiger partial charge on any atom is 0.0429 e. The predicted octanol–water partition coefficient (Wildman–Crippen LogP) is 4.23. The van der Waals surface area contributed by atoms with Gasteiger partial charge in [-0.05, 0) is 60.2 Å². The minimum absolute atomic E-state index is 0.588. The monoisotopic (exact) mass is 385 g/mol. The third kappa shape index (κ3) is 5.26. The van der Waals surface area contributed by atoms with Crippen molar-refractivity contribution in [1.82, 2.24) is 5.32 Å². The molecule has 0 aliphatic carbocycles. The molecule has 1 aliphatic heterocycles. The Labute approximate surface area is 174 Å². The number of hydrogen-bond acceptors (Lipinski definition) is 3. The highest BCUT2D eigenvalue weighted by molar-refractivity contribution is 5.48. The highest BCUT2D eigenvalue weighted by Crippen LogP contribution is 2.26. The van der Waals surface area contributed by atoms with E-state index in [0.29, 0.717) is 18.4 Å². The Bertz CT molecular complexity index is 861. The Morgan fingerprint density at radius 3 is 2.00 bits per heavy atom. The van der Waals surface area contributed by atoms with Gasteiger partial charge >= 0.3 is 0 Å². The van der Waals surface area contributed by atoms with Gasteiger partial charge in [-0.15, -0.1) is 0 Å². The van der Waals surface area contributed by atoms with E-state index in [-0.39, 0.29) is 0 Å². The van der Waals surface area contributed by atoms with Crippen LogP contribution >= 0.6 is 0 Å². The predicted molar refractivity (Wildman–Crippen MR) is 122 cm³/mol.